The molecule has 5 nitrogen and oxygen atoms in total. The number of aryl methyl sites for hydroxylation is 2. The summed E-state index contributed by atoms with van der Waals surface area (Å²) in [5.41, 5.74) is 1.33. The lowest BCUT2D eigenvalue weighted by Gasteiger charge is -2.12. The molecule has 0 bridgehead atoms. The van der Waals surface area contributed by atoms with Crippen LogP contribution in [0.5, 0.6) is 17.2 Å². The molecular formula is C18H20O5. The summed E-state index contributed by atoms with van der Waals surface area (Å²) in [7, 11) is 4.64. The number of methoxy groups -OCH3 is 3. The van der Waals surface area contributed by atoms with Crippen molar-refractivity contribution in [3.63, 3.8) is 0 Å². The van der Waals surface area contributed by atoms with Crippen LogP contribution in [0.1, 0.15) is 27.4 Å². The Bertz CT molecular complexity index is 715. The van der Waals surface area contributed by atoms with Gasteiger partial charge in [0.1, 0.15) is 11.5 Å². The van der Waals surface area contributed by atoms with Crippen LogP contribution < -0.4 is 14.2 Å². The first-order valence-corrected chi connectivity index (χ1v) is 7.09. The van der Waals surface area contributed by atoms with Crippen molar-refractivity contribution in [3.8, 4) is 17.2 Å². The number of rotatable bonds is 6. The number of allylic oxidation sites excluding steroid dienone is 1. The Balaban J connectivity index is 2.32. The second-order valence-electron chi connectivity index (χ2n) is 4.98. The van der Waals surface area contributed by atoms with E-state index in [9.17, 15) is 4.79 Å². The first-order chi connectivity index (χ1) is 11.0. The summed E-state index contributed by atoms with van der Waals surface area (Å²) < 4.78 is 21.2. The largest absolute Gasteiger partial charge is 0.493 e. The normalized spacial score (nSPS) is 10.8. The average Bonchev–Trinajstić information content (AvgIpc) is 2.89. The Morgan fingerprint density at radius 3 is 2.04 bits per heavy atom. The minimum Gasteiger partial charge on any atom is -0.493 e. The highest BCUT2D eigenvalue weighted by Gasteiger charge is 2.13. The summed E-state index contributed by atoms with van der Waals surface area (Å²) in [6, 6.07) is 5.29. The van der Waals surface area contributed by atoms with Crippen LogP contribution in [0.2, 0.25) is 0 Å². The van der Waals surface area contributed by atoms with Gasteiger partial charge in [0.15, 0.2) is 17.3 Å². The van der Waals surface area contributed by atoms with E-state index in [0.29, 0.717) is 34.3 Å². The van der Waals surface area contributed by atoms with Gasteiger partial charge in [0, 0.05) is 0 Å². The summed E-state index contributed by atoms with van der Waals surface area (Å²) in [6.45, 7) is 3.58. The summed E-state index contributed by atoms with van der Waals surface area (Å²) in [5.74, 6) is 2.80. The van der Waals surface area contributed by atoms with E-state index < -0.39 is 0 Å². The highest BCUT2D eigenvalue weighted by atomic mass is 16.5. The molecule has 0 spiro atoms. The molecule has 122 valence electrons. The fourth-order valence-electron chi connectivity index (χ4n) is 2.33. The zero-order valence-electron chi connectivity index (χ0n) is 13.9. The number of hydrogen-bond donors (Lipinski definition) is 0. The predicted octanol–water partition coefficient (Wildman–Crippen LogP) is 3.82. The maximum Gasteiger partial charge on any atom is 0.203 e. The van der Waals surface area contributed by atoms with Crippen LogP contribution in [-0.2, 0) is 0 Å². The van der Waals surface area contributed by atoms with E-state index in [1.807, 2.05) is 6.92 Å². The molecule has 0 atom stereocenters. The highest BCUT2D eigenvalue weighted by molar-refractivity contribution is 6.07. The Hall–Kier alpha value is -2.69. The Morgan fingerprint density at radius 2 is 1.61 bits per heavy atom. The van der Waals surface area contributed by atoms with Crippen LogP contribution in [-0.4, -0.2) is 27.1 Å². The van der Waals surface area contributed by atoms with Gasteiger partial charge in [0.2, 0.25) is 5.75 Å². The third-order valence-electron chi connectivity index (χ3n) is 3.42. The van der Waals surface area contributed by atoms with Gasteiger partial charge >= 0.3 is 0 Å². The highest BCUT2D eigenvalue weighted by Crippen LogP contribution is 2.38. The van der Waals surface area contributed by atoms with Crippen molar-refractivity contribution in [2.75, 3.05) is 21.3 Å². The molecule has 0 N–H and O–H groups in total. The number of furan rings is 1. The average molecular weight is 316 g/mol. The van der Waals surface area contributed by atoms with Crippen molar-refractivity contribution in [1.29, 1.82) is 0 Å². The molecule has 5 heteroatoms. The number of carbonyl (C=O) groups is 1. The molecule has 0 fully saturated rings. The zero-order chi connectivity index (χ0) is 17.0. The van der Waals surface area contributed by atoms with E-state index in [1.54, 1.807) is 52.5 Å². The zero-order valence-corrected chi connectivity index (χ0v) is 13.9. The van der Waals surface area contributed by atoms with Gasteiger partial charge in [-0.2, -0.15) is 0 Å². The molecule has 1 heterocycles. The Morgan fingerprint density at radius 1 is 1.00 bits per heavy atom. The summed E-state index contributed by atoms with van der Waals surface area (Å²) in [5, 5.41) is 0. The lowest BCUT2D eigenvalue weighted by molar-refractivity contribution is 0.104. The van der Waals surface area contributed by atoms with Crippen LogP contribution in [0.4, 0.5) is 0 Å². The lowest BCUT2D eigenvalue weighted by atomic mass is 10.1. The predicted molar refractivity (Wildman–Crippen MR) is 87.6 cm³/mol. The first kappa shape index (κ1) is 16.7. The van der Waals surface area contributed by atoms with E-state index in [4.69, 9.17) is 18.6 Å². The SMILES string of the molecule is COc1cc(/C=C/C(=O)c2cc(C)oc2C)cc(OC)c1OC. The molecule has 2 aromatic rings. The van der Waals surface area contributed by atoms with Gasteiger partial charge in [0.25, 0.3) is 0 Å². The van der Waals surface area contributed by atoms with Gasteiger partial charge in [-0.1, -0.05) is 6.08 Å². The molecule has 0 radical (unpaired) electrons. The molecule has 1 aromatic heterocycles. The third-order valence-corrected chi connectivity index (χ3v) is 3.42. The van der Waals surface area contributed by atoms with Gasteiger partial charge in [-0.3, -0.25) is 4.79 Å². The van der Waals surface area contributed by atoms with Crippen molar-refractivity contribution in [1.82, 2.24) is 0 Å². The first-order valence-electron chi connectivity index (χ1n) is 7.09. The van der Waals surface area contributed by atoms with Crippen LogP contribution in [0.15, 0.2) is 28.7 Å². The van der Waals surface area contributed by atoms with Crippen molar-refractivity contribution in [3.05, 3.63) is 46.9 Å². The topological polar surface area (TPSA) is 57.9 Å². The molecule has 0 aliphatic rings. The van der Waals surface area contributed by atoms with E-state index in [2.05, 4.69) is 0 Å². The smallest absolute Gasteiger partial charge is 0.203 e. The Kier molecular flexibility index (Phi) is 5.11. The number of carbonyl (C=O) groups excluding carboxylic acids is 1. The second-order valence-corrected chi connectivity index (χ2v) is 4.98. The number of ether oxygens (including phenoxy) is 3. The fourth-order valence-corrected chi connectivity index (χ4v) is 2.33. The summed E-state index contributed by atoms with van der Waals surface area (Å²) >= 11 is 0. The molecule has 0 saturated carbocycles. The molecule has 0 saturated heterocycles. The molecule has 0 aliphatic carbocycles. The van der Waals surface area contributed by atoms with Gasteiger partial charge in [0.05, 0.1) is 26.9 Å². The molecule has 0 unspecified atom stereocenters. The number of hydrogen-bond acceptors (Lipinski definition) is 5. The molecule has 0 amide bonds. The van der Waals surface area contributed by atoms with Crippen LogP contribution in [0, 0.1) is 13.8 Å². The second kappa shape index (κ2) is 7.05. The third kappa shape index (κ3) is 3.56. The summed E-state index contributed by atoms with van der Waals surface area (Å²) in [4.78, 5) is 12.3. The summed E-state index contributed by atoms with van der Waals surface area (Å²) in [6.07, 6.45) is 3.20. The van der Waals surface area contributed by atoms with Crippen LogP contribution in [0.3, 0.4) is 0 Å². The molecule has 2 rings (SSSR count). The minimum absolute atomic E-state index is 0.117. The number of ketones is 1. The van der Waals surface area contributed by atoms with Crippen LogP contribution in [0.25, 0.3) is 6.08 Å². The van der Waals surface area contributed by atoms with Gasteiger partial charge in [-0.25, -0.2) is 0 Å². The quantitative estimate of drug-likeness (QED) is 0.599. The fraction of sp³-hybridized carbons (Fsp3) is 0.278. The lowest BCUT2D eigenvalue weighted by Crippen LogP contribution is -1.96. The Labute approximate surface area is 135 Å². The molecule has 0 aliphatic heterocycles. The maximum atomic E-state index is 12.3. The van der Waals surface area contributed by atoms with E-state index in [-0.39, 0.29) is 5.78 Å². The molecular weight excluding hydrogens is 296 g/mol. The minimum atomic E-state index is -0.117. The van der Waals surface area contributed by atoms with Crippen molar-refractivity contribution in [2.24, 2.45) is 0 Å². The maximum absolute atomic E-state index is 12.3. The van der Waals surface area contributed by atoms with E-state index in [0.717, 1.165) is 5.56 Å². The molecule has 23 heavy (non-hydrogen) atoms. The number of benzene rings is 1. The van der Waals surface area contributed by atoms with E-state index in [1.165, 1.54) is 6.08 Å². The van der Waals surface area contributed by atoms with Crippen molar-refractivity contribution in [2.45, 2.75) is 13.8 Å². The van der Waals surface area contributed by atoms with Crippen molar-refractivity contribution < 1.29 is 23.4 Å². The van der Waals surface area contributed by atoms with Gasteiger partial charge in [-0.05, 0) is 43.7 Å². The monoisotopic (exact) mass is 316 g/mol. The standard InChI is InChI=1S/C18H20O5/c1-11-8-14(12(2)23-11)15(19)7-6-13-9-16(20-3)18(22-5)17(10-13)21-4/h6-10H,1-5H3/b7-6+. The van der Waals surface area contributed by atoms with Gasteiger partial charge < -0.3 is 18.6 Å². The van der Waals surface area contributed by atoms with Gasteiger partial charge in [-0.15, -0.1) is 0 Å². The molecule has 1 aromatic carbocycles. The van der Waals surface area contributed by atoms with E-state index >= 15 is 0 Å². The van der Waals surface area contributed by atoms with Crippen LogP contribution >= 0.6 is 0 Å². The van der Waals surface area contributed by atoms with Crippen molar-refractivity contribution >= 4 is 11.9 Å².